The van der Waals surface area contributed by atoms with Gasteiger partial charge in [-0.15, -0.1) is 23.7 Å². The molecule has 1 saturated heterocycles. The van der Waals surface area contributed by atoms with Gasteiger partial charge < -0.3 is 10.6 Å². The highest BCUT2D eigenvalue weighted by Crippen LogP contribution is 2.26. The van der Waals surface area contributed by atoms with Crippen LogP contribution in [0.15, 0.2) is 6.07 Å². The molecule has 108 valence electrons. The first-order valence-corrected chi connectivity index (χ1v) is 7.56. The molecule has 2 rings (SSSR count). The number of hydrogen-bond acceptors (Lipinski definition) is 3. The van der Waals surface area contributed by atoms with Crippen molar-refractivity contribution in [1.82, 2.24) is 4.90 Å². The van der Waals surface area contributed by atoms with Gasteiger partial charge in [-0.25, -0.2) is 0 Å². The Labute approximate surface area is 125 Å². The fraction of sp³-hybridized carbons (Fsp3) is 0.643. The van der Waals surface area contributed by atoms with Crippen LogP contribution >= 0.6 is 23.7 Å². The highest BCUT2D eigenvalue weighted by atomic mass is 35.5. The Morgan fingerprint density at radius 3 is 2.89 bits per heavy atom. The van der Waals surface area contributed by atoms with Gasteiger partial charge in [0, 0.05) is 18.0 Å². The molecule has 1 fully saturated rings. The van der Waals surface area contributed by atoms with Gasteiger partial charge in [0.2, 0.25) is 0 Å². The van der Waals surface area contributed by atoms with Gasteiger partial charge in [0.1, 0.15) is 0 Å². The summed E-state index contributed by atoms with van der Waals surface area (Å²) in [5.74, 6) is 0.687. The summed E-state index contributed by atoms with van der Waals surface area (Å²) in [5.41, 5.74) is 7.00. The monoisotopic (exact) mass is 302 g/mol. The molecule has 0 radical (unpaired) electrons. The van der Waals surface area contributed by atoms with E-state index >= 15 is 0 Å². The summed E-state index contributed by atoms with van der Waals surface area (Å²) in [6.07, 6.45) is 3.25. The van der Waals surface area contributed by atoms with Crippen LogP contribution in [0.3, 0.4) is 0 Å². The summed E-state index contributed by atoms with van der Waals surface area (Å²) in [6.45, 7) is 6.66. The van der Waals surface area contributed by atoms with Gasteiger partial charge in [-0.3, -0.25) is 4.79 Å². The smallest absolute Gasteiger partial charge is 0.263 e. The molecular formula is C14H23ClN2OS. The van der Waals surface area contributed by atoms with Crippen molar-refractivity contribution in [2.75, 3.05) is 19.6 Å². The highest BCUT2D eigenvalue weighted by Gasteiger charge is 2.27. The van der Waals surface area contributed by atoms with Crippen LogP contribution in [0.4, 0.5) is 0 Å². The van der Waals surface area contributed by atoms with Crippen molar-refractivity contribution in [1.29, 1.82) is 0 Å². The van der Waals surface area contributed by atoms with Crippen LogP contribution in [0, 0.1) is 12.8 Å². The van der Waals surface area contributed by atoms with E-state index < -0.39 is 0 Å². The Balaban J connectivity index is 0.00000180. The number of rotatable bonds is 4. The number of hydrogen-bond donors (Lipinski definition) is 1. The molecule has 1 aromatic rings. The summed E-state index contributed by atoms with van der Waals surface area (Å²) >= 11 is 1.64. The third-order valence-electron chi connectivity index (χ3n) is 3.66. The maximum absolute atomic E-state index is 12.4. The predicted molar refractivity (Wildman–Crippen MR) is 83.4 cm³/mol. The molecule has 3 nitrogen and oxygen atoms in total. The molecule has 0 spiro atoms. The molecule has 0 saturated carbocycles. The summed E-state index contributed by atoms with van der Waals surface area (Å²) < 4.78 is 0. The van der Waals surface area contributed by atoms with Crippen molar-refractivity contribution in [3.8, 4) is 0 Å². The van der Waals surface area contributed by atoms with Crippen molar-refractivity contribution in [3.63, 3.8) is 0 Å². The van der Waals surface area contributed by atoms with E-state index in [2.05, 4.69) is 19.9 Å². The molecule has 1 unspecified atom stereocenters. The minimum Gasteiger partial charge on any atom is -0.338 e. The van der Waals surface area contributed by atoms with Crippen LogP contribution in [0.25, 0.3) is 0 Å². The zero-order valence-electron chi connectivity index (χ0n) is 11.6. The first-order valence-electron chi connectivity index (χ1n) is 6.74. The highest BCUT2D eigenvalue weighted by molar-refractivity contribution is 7.14. The molecule has 1 amide bonds. The Morgan fingerprint density at radius 2 is 2.32 bits per heavy atom. The number of likely N-dealkylation sites (tertiary alicyclic amines) is 1. The van der Waals surface area contributed by atoms with Gasteiger partial charge in [-0.2, -0.15) is 0 Å². The SMILES string of the molecule is CCCc1cc(C(=O)N2CCC(CN)C2)sc1C.Cl. The molecule has 5 heteroatoms. The number of nitrogens with zero attached hydrogens (tertiary/aromatic N) is 1. The molecule has 0 bridgehead atoms. The first-order chi connectivity index (χ1) is 8.65. The minimum absolute atomic E-state index is 0. The van der Waals surface area contributed by atoms with Crippen LogP contribution in [0.5, 0.6) is 0 Å². The molecule has 0 aliphatic carbocycles. The fourth-order valence-electron chi connectivity index (χ4n) is 2.51. The van der Waals surface area contributed by atoms with Gasteiger partial charge in [-0.05, 0) is 43.9 Å². The topological polar surface area (TPSA) is 46.3 Å². The van der Waals surface area contributed by atoms with E-state index in [0.29, 0.717) is 12.5 Å². The third-order valence-corrected chi connectivity index (χ3v) is 4.74. The number of carbonyl (C=O) groups is 1. The lowest BCUT2D eigenvalue weighted by atomic mass is 10.1. The standard InChI is InChI=1S/C14H22N2OS.ClH/c1-3-4-12-7-13(18-10(12)2)14(17)16-6-5-11(8-15)9-16;/h7,11H,3-6,8-9,15H2,1-2H3;1H. The van der Waals surface area contributed by atoms with E-state index in [0.717, 1.165) is 37.2 Å². The van der Waals surface area contributed by atoms with E-state index in [-0.39, 0.29) is 18.3 Å². The molecule has 1 atom stereocenters. The van der Waals surface area contributed by atoms with Crippen LogP contribution in [0.1, 0.15) is 39.9 Å². The van der Waals surface area contributed by atoms with Crippen LogP contribution < -0.4 is 5.73 Å². The van der Waals surface area contributed by atoms with E-state index in [9.17, 15) is 4.79 Å². The first kappa shape index (κ1) is 16.5. The second-order valence-electron chi connectivity index (χ2n) is 5.08. The van der Waals surface area contributed by atoms with E-state index in [4.69, 9.17) is 5.73 Å². The van der Waals surface area contributed by atoms with Crippen LogP contribution in [-0.4, -0.2) is 30.4 Å². The van der Waals surface area contributed by atoms with Gasteiger partial charge >= 0.3 is 0 Å². The van der Waals surface area contributed by atoms with Crippen molar-refractivity contribution in [2.45, 2.75) is 33.1 Å². The normalized spacial score (nSPS) is 18.5. The van der Waals surface area contributed by atoms with Gasteiger partial charge in [0.25, 0.3) is 5.91 Å². The van der Waals surface area contributed by atoms with Gasteiger partial charge in [0.15, 0.2) is 0 Å². The van der Waals surface area contributed by atoms with Crippen molar-refractivity contribution < 1.29 is 4.79 Å². The Kier molecular flexibility index (Phi) is 6.30. The molecule has 2 heterocycles. The average Bonchev–Trinajstić information content (AvgIpc) is 2.96. The molecule has 1 aromatic heterocycles. The number of thiophene rings is 1. The van der Waals surface area contributed by atoms with Crippen molar-refractivity contribution >= 4 is 29.7 Å². The number of carbonyl (C=O) groups excluding carboxylic acids is 1. The van der Waals surface area contributed by atoms with Gasteiger partial charge in [-0.1, -0.05) is 13.3 Å². The maximum atomic E-state index is 12.4. The molecule has 1 aliphatic heterocycles. The quantitative estimate of drug-likeness (QED) is 0.929. The summed E-state index contributed by atoms with van der Waals surface area (Å²) in [4.78, 5) is 16.5. The Hall–Kier alpha value is -0.580. The minimum atomic E-state index is 0. The summed E-state index contributed by atoms with van der Waals surface area (Å²) in [6, 6.07) is 2.08. The van der Waals surface area contributed by atoms with Crippen LogP contribution in [-0.2, 0) is 6.42 Å². The van der Waals surface area contributed by atoms with E-state index in [1.807, 2.05) is 4.90 Å². The summed E-state index contributed by atoms with van der Waals surface area (Å²) in [5, 5.41) is 0. The van der Waals surface area contributed by atoms with Crippen molar-refractivity contribution in [3.05, 3.63) is 21.4 Å². The lowest BCUT2D eigenvalue weighted by Crippen LogP contribution is -2.29. The number of halogens is 1. The summed E-state index contributed by atoms with van der Waals surface area (Å²) in [7, 11) is 0. The molecule has 19 heavy (non-hydrogen) atoms. The molecule has 0 aromatic carbocycles. The van der Waals surface area contributed by atoms with Crippen LogP contribution in [0.2, 0.25) is 0 Å². The van der Waals surface area contributed by atoms with Gasteiger partial charge in [0.05, 0.1) is 4.88 Å². The molecular weight excluding hydrogens is 280 g/mol. The van der Waals surface area contributed by atoms with E-state index in [1.54, 1.807) is 11.3 Å². The lowest BCUT2D eigenvalue weighted by Gasteiger charge is -2.14. The fourth-order valence-corrected chi connectivity index (χ4v) is 3.55. The zero-order valence-corrected chi connectivity index (χ0v) is 13.3. The number of nitrogens with two attached hydrogens (primary N) is 1. The van der Waals surface area contributed by atoms with E-state index in [1.165, 1.54) is 10.4 Å². The number of aryl methyl sites for hydroxylation is 2. The molecule has 2 N–H and O–H groups in total. The average molecular weight is 303 g/mol. The zero-order chi connectivity index (χ0) is 13.1. The Morgan fingerprint density at radius 1 is 1.58 bits per heavy atom. The Bertz CT molecular complexity index is 433. The second-order valence-corrected chi connectivity index (χ2v) is 6.34. The second kappa shape index (κ2) is 7.27. The lowest BCUT2D eigenvalue weighted by molar-refractivity contribution is 0.0792. The van der Waals surface area contributed by atoms with Crippen molar-refractivity contribution in [2.24, 2.45) is 11.7 Å². The molecule has 1 aliphatic rings. The maximum Gasteiger partial charge on any atom is 0.263 e. The third kappa shape index (κ3) is 3.71. The largest absolute Gasteiger partial charge is 0.338 e. The number of amides is 1. The predicted octanol–water partition coefficient (Wildman–Crippen LogP) is 2.85.